The molecule has 0 heterocycles. The van der Waals surface area contributed by atoms with E-state index in [0.717, 1.165) is 11.1 Å². The van der Waals surface area contributed by atoms with E-state index in [1.165, 1.54) is 0 Å². The van der Waals surface area contributed by atoms with Crippen LogP contribution in [0.5, 0.6) is 0 Å². The zero-order valence-electron chi connectivity index (χ0n) is 18.9. The van der Waals surface area contributed by atoms with E-state index in [4.69, 9.17) is 4.74 Å². The molecule has 0 fully saturated rings. The largest absolute Gasteiger partial charge is 0.461 e. The Bertz CT molecular complexity index is 817. The van der Waals surface area contributed by atoms with E-state index in [2.05, 4.69) is 0 Å². The van der Waals surface area contributed by atoms with E-state index in [9.17, 15) is 14.4 Å². The molecule has 0 aromatic heterocycles. The molecule has 0 saturated carbocycles. The van der Waals surface area contributed by atoms with Crippen LogP contribution in [0.15, 0.2) is 48.5 Å². The second kappa shape index (κ2) is 9.38. The van der Waals surface area contributed by atoms with E-state index < -0.39 is 10.8 Å². The molecule has 0 atom stereocenters. The number of aryl methyl sites for hydroxylation is 1. The van der Waals surface area contributed by atoms with Crippen molar-refractivity contribution in [2.24, 2.45) is 10.8 Å². The van der Waals surface area contributed by atoms with E-state index in [-0.39, 0.29) is 30.6 Å². The molecular formula is C26H32O4. The van der Waals surface area contributed by atoms with Gasteiger partial charge in [0, 0.05) is 28.4 Å². The van der Waals surface area contributed by atoms with Crippen LogP contribution in [-0.2, 0) is 22.6 Å². The Morgan fingerprint density at radius 1 is 0.667 bits per heavy atom. The summed E-state index contributed by atoms with van der Waals surface area (Å²) in [7, 11) is 0. The van der Waals surface area contributed by atoms with Gasteiger partial charge in [0.1, 0.15) is 6.61 Å². The number of carbonyl (C=O) groups is 3. The standard InChI is InChI=1S/C26H32O4/c1-25(2,3)23(28)20-12-7-18(8-13-20)11-16-22(27)30-17-19-9-14-21(15-10-19)24(29)26(4,5)6/h7-10,12-15H,11,16-17H2,1-6H3. The molecule has 0 N–H and O–H groups in total. The molecule has 0 radical (unpaired) electrons. The van der Waals surface area contributed by atoms with E-state index in [1.807, 2.05) is 77.9 Å². The van der Waals surface area contributed by atoms with Crippen molar-refractivity contribution in [3.8, 4) is 0 Å². The number of hydrogen-bond acceptors (Lipinski definition) is 4. The Kier molecular flexibility index (Phi) is 7.35. The summed E-state index contributed by atoms with van der Waals surface area (Å²) in [5.74, 6) is -0.0929. The van der Waals surface area contributed by atoms with Gasteiger partial charge in [-0.3, -0.25) is 14.4 Å². The van der Waals surface area contributed by atoms with Crippen molar-refractivity contribution in [1.29, 1.82) is 0 Å². The molecule has 0 unspecified atom stereocenters. The van der Waals surface area contributed by atoms with Gasteiger partial charge in [-0.05, 0) is 17.5 Å². The SMILES string of the molecule is CC(C)(C)C(=O)c1ccc(CCC(=O)OCc2ccc(C(=O)C(C)(C)C)cc2)cc1. The molecule has 0 saturated heterocycles. The van der Waals surface area contributed by atoms with E-state index >= 15 is 0 Å². The number of rotatable bonds is 7. The molecule has 0 aliphatic carbocycles. The van der Waals surface area contributed by atoms with Gasteiger partial charge >= 0.3 is 5.97 Å². The minimum atomic E-state index is -0.424. The maximum atomic E-state index is 12.3. The van der Waals surface area contributed by atoms with Crippen molar-refractivity contribution in [3.63, 3.8) is 0 Å². The highest BCUT2D eigenvalue weighted by Gasteiger charge is 2.23. The fraction of sp³-hybridized carbons (Fsp3) is 0.423. The summed E-state index contributed by atoms with van der Waals surface area (Å²) >= 11 is 0. The topological polar surface area (TPSA) is 60.4 Å². The average Bonchev–Trinajstić information content (AvgIpc) is 2.69. The summed E-state index contributed by atoms with van der Waals surface area (Å²) in [5, 5.41) is 0. The van der Waals surface area contributed by atoms with Crippen molar-refractivity contribution < 1.29 is 19.1 Å². The Hall–Kier alpha value is -2.75. The summed E-state index contributed by atoms with van der Waals surface area (Å²) in [5.41, 5.74) is 2.34. The van der Waals surface area contributed by atoms with E-state index in [0.29, 0.717) is 17.5 Å². The molecule has 0 spiro atoms. The van der Waals surface area contributed by atoms with Gasteiger partial charge in [0.25, 0.3) is 0 Å². The van der Waals surface area contributed by atoms with Crippen molar-refractivity contribution >= 4 is 17.5 Å². The normalized spacial score (nSPS) is 11.8. The number of benzene rings is 2. The first-order valence-corrected chi connectivity index (χ1v) is 10.3. The highest BCUT2D eigenvalue weighted by molar-refractivity contribution is 6.00. The number of esters is 1. The number of hydrogen-bond donors (Lipinski definition) is 0. The Balaban J connectivity index is 1.83. The fourth-order valence-corrected chi connectivity index (χ4v) is 2.92. The quantitative estimate of drug-likeness (QED) is 0.428. The lowest BCUT2D eigenvalue weighted by Crippen LogP contribution is -2.20. The lowest BCUT2D eigenvalue weighted by Gasteiger charge is -2.16. The Morgan fingerprint density at radius 3 is 1.47 bits per heavy atom. The molecule has 4 heteroatoms. The highest BCUT2D eigenvalue weighted by atomic mass is 16.5. The predicted octanol–water partition coefficient (Wildman–Crippen LogP) is 5.82. The van der Waals surface area contributed by atoms with Gasteiger partial charge in [-0.2, -0.15) is 0 Å². The van der Waals surface area contributed by atoms with Crippen molar-refractivity contribution in [1.82, 2.24) is 0 Å². The van der Waals surface area contributed by atoms with Crippen LogP contribution in [0.1, 0.15) is 79.8 Å². The van der Waals surface area contributed by atoms with Gasteiger partial charge in [-0.25, -0.2) is 0 Å². The summed E-state index contributed by atoms with van der Waals surface area (Å²) in [6, 6.07) is 14.6. The Labute approximate surface area is 179 Å². The molecule has 4 nitrogen and oxygen atoms in total. The van der Waals surface area contributed by atoms with Crippen molar-refractivity contribution in [2.75, 3.05) is 0 Å². The number of Topliss-reactive ketones (excluding diaryl/α,β-unsaturated/α-hetero) is 2. The summed E-state index contributed by atoms with van der Waals surface area (Å²) < 4.78 is 5.35. The first-order chi connectivity index (χ1) is 13.9. The lowest BCUT2D eigenvalue weighted by molar-refractivity contribution is -0.144. The van der Waals surface area contributed by atoms with Crippen LogP contribution >= 0.6 is 0 Å². The number of ketones is 2. The van der Waals surface area contributed by atoms with Gasteiger partial charge < -0.3 is 4.74 Å². The maximum Gasteiger partial charge on any atom is 0.306 e. The van der Waals surface area contributed by atoms with Gasteiger partial charge in [-0.1, -0.05) is 90.1 Å². The van der Waals surface area contributed by atoms with Crippen molar-refractivity contribution in [2.45, 2.75) is 61.0 Å². The van der Waals surface area contributed by atoms with Crippen molar-refractivity contribution in [3.05, 3.63) is 70.8 Å². The zero-order valence-corrected chi connectivity index (χ0v) is 18.9. The lowest BCUT2D eigenvalue weighted by atomic mass is 9.86. The third-order valence-corrected chi connectivity index (χ3v) is 4.81. The molecule has 0 amide bonds. The number of carbonyl (C=O) groups excluding carboxylic acids is 3. The molecule has 0 bridgehead atoms. The average molecular weight is 409 g/mol. The second-order valence-electron chi connectivity index (χ2n) is 9.71. The summed E-state index contributed by atoms with van der Waals surface area (Å²) in [6.45, 7) is 11.5. The monoisotopic (exact) mass is 408 g/mol. The number of ether oxygens (including phenoxy) is 1. The van der Waals surface area contributed by atoms with Gasteiger partial charge in [-0.15, -0.1) is 0 Å². The third kappa shape index (κ3) is 6.65. The van der Waals surface area contributed by atoms with Crippen LogP contribution in [0.2, 0.25) is 0 Å². The first kappa shape index (κ1) is 23.5. The molecule has 160 valence electrons. The molecule has 2 aromatic carbocycles. The van der Waals surface area contributed by atoms with Crippen LogP contribution in [-0.4, -0.2) is 17.5 Å². The van der Waals surface area contributed by atoms with Gasteiger partial charge in [0.2, 0.25) is 0 Å². The molecule has 30 heavy (non-hydrogen) atoms. The second-order valence-corrected chi connectivity index (χ2v) is 9.71. The molecule has 2 rings (SSSR count). The van der Waals surface area contributed by atoms with E-state index in [1.54, 1.807) is 12.1 Å². The molecular weight excluding hydrogens is 376 g/mol. The predicted molar refractivity (Wildman–Crippen MR) is 119 cm³/mol. The van der Waals surface area contributed by atoms with Crippen LogP contribution < -0.4 is 0 Å². The molecule has 0 aliphatic rings. The van der Waals surface area contributed by atoms with Crippen LogP contribution in [0.25, 0.3) is 0 Å². The minimum Gasteiger partial charge on any atom is -0.461 e. The third-order valence-electron chi connectivity index (χ3n) is 4.81. The fourth-order valence-electron chi connectivity index (χ4n) is 2.92. The summed E-state index contributed by atoms with van der Waals surface area (Å²) in [6.07, 6.45) is 0.828. The Morgan fingerprint density at radius 2 is 1.07 bits per heavy atom. The highest BCUT2D eigenvalue weighted by Crippen LogP contribution is 2.22. The smallest absolute Gasteiger partial charge is 0.306 e. The maximum absolute atomic E-state index is 12.3. The van der Waals surface area contributed by atoms with Crippen LogP contribution in [0.3, 0.4) is 0 Å². The van der Waals surface area contributed by atoms with Gasteiger partial charge in [0.15, 0.2) is 11.6 Å². The van der Waals surface area contributed by atoms with Crippen LogP contribution in [0, 0.1) is 10.8 Å². The zero-order chi connectivity index (χ0) is 22.5. The van der Waals surface area contributed by atoms with Gasteiger partial charge in [0.05, 0.1) is 0 Å². The molecule has 2 aromatic rings. The summed E-state index contributed by atoms with van der Waals surface area (Å²) in [4.78, 5) is 36.6. The minimum absolute atomic E-state index is 0.0845. The van der Waals surface area contributed by atoms with Crippen LogP contribution in [0.4, 0.5) is 0 Å². The molecule has 0 aliphatic heterocycles. The first-order valence-electron chi connectivity index (χ1n) is 10.3.